The lowest BCUT2D eigenvalue weighted by Gasteiger charge is -2.06. The lowest BCUT2D eigenvalue weighted by Crippen LogP contribution is -2.14. The third-order valence-electron chi connectivity index (χ3n) is 2.63. The van der Waals surface area contributed by atoms with E-state index in [9.17, 15) is 9.90 Å². The summed E-state index contributed by atoms with van der Waals surface area (Å²) in [6.45, 7) is 0. The quantitative estimate of drug-likeness (QED) is 0.840. The Morgan fingerprint density at radius 1 is 1.21 bits per heavy atom. The SMILES string of the molecule is CSc1cccc(NC(=O)Cc2cccc(O)c2)c1. The Balaban J connectivity index is 2.01. The minimum absolute atomic E-state index is 0.0937. The highest BCUT2D eigenvalue weighted by Gasteiger charge is 2.05. The number of carbonyl (C=O) groups is 1. The molecule has 0 radical (unpaired) electrons. The maximum absolute atomic E-state index is 11.9. The van der Waals surface area contributed by atoms with Crippen molar-refractivity contribution in [3.05, 3.63) is 54.1 Å². The number of benzene rings is 2. The normalized spacial score (nSPS) is 10.2. The summed E-state index contributed by atoms with van der Waals surface area (Å²) in [4.78, 5) is 13.0. The van der Waals surface area contributed by atoms with Crippen LogP contribution < -0.4 is 5.32 Å². The standard InChI is InChI=1S/C15H15NO2S/c1-19-14-7-3-5-12(10-14)16-15(18)9-11-4-2-6-13(17)8-11/h2-8,10,17H,9H2,1H3,(H,16,18). The molecule has 2 aromatic rings. The molecule has 0 aliphatic rings. The number of amides is 1. The van der Waals surface area contributed by atoms with Crippen LogP contribution >= 0.6 is 11.8 Å². The van der Waals surface area contributed by atoms with Crippen molar-refractivity contribution in [2.75, 3.05) is 11.6 Å². The van der Waals surface area contributed by atoms with E-state index in [1.54, 1.807) is 30.0 Å². The van der Waals surface area contributed by atoms with Crippen LogP contribution in [0, 0.1) is 0 Å². The van der Waals surface area contributed by atoms with Gasteiger partial charge in [-0.25, -0.2) is 0 Å². The van der Waals surface area contributed by atoms with Gasteiger partial charge in [-0.05, 0) is 42.2 Å². The first-order valence-corrected chi connectivity index (χ1v) is 7.11. The van der Waals surface area contributed by atoms with E-state index in [1.807, 2.05) is 36.6 Å². The summed E-state index contributed by atoms with van der Waals surface area (Å²) in [6, 6.07) is 14.4. The van der Waals surface area contributed by atoms with Gasteiger partial charge in [0.2, 0.25) is 5.91 Å². The van der Waals surface area contributed by atoms with Crippen LogP contribution in [0.2, 0.25) is 0 Å². The summed E-state index contributed by atoms with van der Waals surface area (Å²) < 4.78 is 0. The lowest BCUT2D eigenvalue weighted by molar-refractivity contribution is -0.115. The van der Waals surface area contributed by atoms with Crippen LogP contribution in [0.15, 0.2) is 53.4 Å². The molecule has 98 valence electrons. The summed E-state index contributed by atoms with van der Waals surface area (Å²) >= 11 is 1.63. The molecule has 0 aliphatic heterocycles. The van der Waals surface area contributed by atoms with Crippen molar-refractivity contribution in [2.45, 2.75) is 11.3 Å². The maximum atomic E-state index is 11.9. The van der Waals surface area contributed by atoms with Crippen LogP contribution in [0.1, 0.15) is 5.56 Å². The molecule has 0 unspecified atom stereocenters. The predicted molar refractivity (Wildman–Crippen MR) is 78.7 cm³/mol. The first kappa shape index (κ1) is 13.5. The number of aromatic hydroxyl groups is 1. The van der Waals surface area contributed by atoms with Crippen molar-refractivity contribution < 1.29 is 9.90 Å². The van der Waals surface area contributed by atoms with Crippen molar-refractivity contribution >= 4 is 23.4 Å². The molecule has 0 bridgehead atoms. The molecule has 2 aromatic carbocycles. The Bertz CT molecular complexity index is 584. The molecule has 0 aromatic heterocycles. The van der Waals surface area contributed by atoms with Crippen LogP contribution in [0.4, 0.5) is 5.69 Å². The van der Waals surface area contributed by atoms with Gasteiger partial charge in [0.05, 0.1) is 6.42 Å². The predicted octanol–water partition coefficient (Wildman–Crippen LogP) is 3.30. The number of phenolic OH excluding ortho intramolecular Hbond substituents is 1. The Morgan fingerprint density at radius 2 is 2.00 bits per heavy atom. The van der Waals surface area contributed by atoms with E-state index in [4.69, 9.17) is 0 Å². The van der Waals surface area contributed by atoms with Crippen molar-refractivity contribution in [1.29, 1.82) is 0 Å². The van der Waals surface area contributed by atoms with Gasteiger partial charge in [0.25, 0.3) is 0 Å². The third kappa shape index (κ3) is 4.03. The molecule has 0 fully saturated rings. The smallest absolute Gasteiger partial charge is 0.228 e. The van der Waals surface area contributed by atoms with Gasteiger partial charge in [0, 0.05) is 10.6 Å². The highest BCUT2D eigenvalue weighted by molar-refractivity contribution is 7.98. The average Bonchev–Trinajstić information content (AvgIpc) is 2.38. The summed E-state index contributed by atoms with van der Waals surface area (Å²) in [5.74, 6) is 0.0820. The number of rotatable bonds is 4. The molecule has 0 atom stereocenters. The van der Waals surface area contributed by atoms with Crippen molar-refractivity contribution in [3.8, 4) is 5.75 Å². The fourth-order valence-electron chi connectivity index (χ4n) is 1.76. The molecule has 2 N–H and O–H groups in total. The van der Waals surface area contributed by atoms with Gasteiger partial charge in [0.15, 0.2) is 0 Å². The van der Waals surface area contributed by atoms with E-state index < -0.39 is 0 Å². The monoisotopic (exact) mass is 273 g/mol. The highest BCUT2D eigenvalue weighted by Crippen LogP contribution is 2.19. The van der Waals surface area contributed by atoms with E-state index in [2.05, 4.69) is 5.32 Å². The minimum Gasteiger partial charge on any atom is -0.508 e. The zero-order valence-electron chi connectivity index (χ0n) is 10.6. The van der Waals surface area contributed by atoms with E-state index in [0.29, 0.717) is 0 Å². The molecule has 4 heteroatoms. The van der Waals surface area contributed by atoms with E-state index in [0.717, 1.165) is 16.1 Å². The van der Waals surface area contributed by atoms with Gasteiger partial charge >= 0.3 is 0 Å². The largest absolute Gasteiger partial charge is 0.508 e. The second-order valence-corrected chi connectivity index (χ2v) is 5.01. The number of nitrogens with one attached hydrogen (secondary N) is 1. The number of thioether (sulfide) groups is 1. The van der Waals surface area contributed by atoms with E-state index in [-0.39, 0.29) is 18.1 Å². The van der Waals surface area contributed by atoms with Gasteiger partial charge in [-0.1, -0.05) is 18.2 Å². The van der Waals surface area contributed by atoms with Crippen molar-refractivity contribution in [3.63, 3.8) is 0 Å². The zero-order chi connectivity index (χ0) is 13.7. The van der Waals surface area contributed by atoms with Crippen LogP contribution in [-0.4, -0.2) is 17.3 Å². The summed E-state index contributed by atoms with van der Waals surface area (Å²) in [6.07, 6.45) is 2.24. The zero-order valence-corrected chi connectivity index (χ0v) is 11.4. The molecule has 0 aliphatic carbocycles. The van der Waals surface area contributed by atoms with Gasteiger partial charge in [-0.2, -0.15) is 0 Å². The van der Waals surface area contributed by atoms with Crippen LogP contribution in [0.3, 0.4) is 0 Å². The van der Waals surface area contributed by atoms with Crippen LogP contribution in [0.25, 0.3) is 0 Å². The third-order valence-corrected chi connectivity index (χ3v) is 3.35. The summed E-state index contributed by atoms with van der Waals surface area (Å²) in [7, 11) is 0. The number of hydrogen-bond acceptors (Lipinski definition) is 3. The van der Waals surface area contributed by atoms with E-state index in [1.165, 1.54) is 0 Å². The summed E-state index contributed by atoms with van der Waals surface area (Å²) in [5.41, 5.74) is 1.58. The first-order valence-electron chi connectivity index (χ1n) is 5.89. The maximum Gasteiger partial charge on any atom is 0.228 e. The highest BCUT2D eigenvalue weighted by atomic mass is 32.2. The molecule has 1 amide bonds. The molecular weight excluding hydrogens is 258 g/mol. The topological polar surface area (TPSA) is 49.3 Å². The molecular formula is C15H15NO2S. The second kappa shape index (κ2) is 6.29. The van der Waals surface area contributed by atoms with E-state index >= 15 is 0 Å². The Hall–Kier alpha value is -1.94. The average molecular weight is 273 g/mol. The molecule has 3 nitrogen and oxygen atoms in total. The second-order valence-electron chi connectivity index (χ2n) is 4.13. The fourth-order valence-corrected chi connectivity index (χ4v) is 2.22. The van der Waals surface area contributed by atoms with Gasteiger partial charge in [-0.15, -0.1) is 11.8 Å². The molecule has 0 heterocycles. The molecule has 2 rings (SSSR count). The number of carbonyl (C=O) groups excluding carboxylic acids is 1. The molecule has 19 heavy (non-hydrogen) atoms. The van der Waals surface area contributed by atoms with Crippen LogP contribution in [0.5, 0.6) is 5.75 Å². The molecule has 0 spiro atoms. The Kier molecular flexibility index (Phi) is 4.47. The first-order chi connectivity index (χ1) is 9.17. The Morgan fingerprint density at radius 3 is 2.74 bits per heavy atom. The van der Waals surface area contributed by atoms with Gasteiger partial charge < -0.3 is 10.4 Å². The Labute approximate surface area is 116 Å². The molecule has 0 saturated carbocycles. The lowest BCUT2D eigenvalue weighted by atomic mass is 10.1. The van der Waals surface area contributed by atoms with Gasteiger partial charge in [0.1, 0.15) is 5.75 Å². The number of anilines is 1. The molecule has 0 saturated heterocycles. The minimum atomic E-state index is -0.0937. The van der Waals surface area contributed by atoms with Crippen molar-refractivity contribution in [2.24, 2.45) is 0 Å². The number of hydrogen-bond donors (Lipinski definition) is 2. The van der Waals surface area contributed by atoms with Gasteiger partial charge in [-0.3, -0.25) is 4.79 Å². The van der Waals surface area contributed by atoms with Crippen LogP contribution in [-0.2, 0) is 11.2 Å². The van der Waals surface area contributed by atoms with Crippen molar-refractivity contribution in [1.82, 2.24) is 0 Å². The summed E-state index contributed by atoms with van der Waals surface area (Å²) in [5, 5.41) is 12.2. The number of phenols is 1. The fraction of sp³-hybridized carbons (Fsp3) is 0.133.